The number of nitrogens with one attached hydrogen (secondary N) is 1. The summed E-state index contributed by atoms with van der Waals surface area (Å²) < 4.78 is 0. The summed E-state index contributed by atoms with van der Waals surface area (Å²) >= 11 is 6.03. The second-order valence-electron chi connectivity index (χ2n) is 4.48. The van der Waals surface area contributed by atoms with Gasteiger partial charge in [0, 0.05) is 23.7 Å². The lowest BCUT2D eigenvalue weighted by Crippen LogP contribution is -2.21. The molecule has 2 N–H and O–H groups in total. The molecule has 3 nitrogen and oxygen atoms in total. The van der Waals surface area contributed by atoms with Gasteiger partial charge in [-0.05, 0) is 23.8 Å². The van der Waals surface area contributed by atoms with Crippen LogP contribution in [-0.4, -0.2) is 11.7 Å². The second-order valence-corrected chi connectivity index (χ2v) is 4.89. The van der Waals surface area contributed by atoms with E-state index in [1.54, 1.807) is 12.1 Å². The van der Waals surface area contributed by atoms with Crippen molar-refractivity contribution in [3.05, 3.63) is 70.2 Å². The number of nitrogens with zero attached hydrogens (tertiary/aromatic N) is 1. The van der Waals surface area contributed by atoms with Crippen molar-refractivity contribution in [1.82, 2.24) is 5.32 Å². The predicted molar refractivity (Wildman–Crippen MR) is 79.3 cm³/mol. The largest absolute Gasteiger partial charge is 0.387 e. The highest BCUT2D eigenvalue weighted by Gasteiger charge is 2.10. The SMILES string of the molecule is N#Cc1cccc(CNCC(O)c2ccccc2Cl)c1. The van der Waals surface area contributed by atoms with Crippen molar-refractivity contribution in [3.8, 4) is 6.07 Å². The average molecular weight is 287 g/mol. The first-order valence-electron chi connectivity index (χ1n) is 6.33. The van der Waals surface area contributed by atoms with E-state index in [0.29, 0.717) is 29.2 Å². The molecule has 0 aliphatic carbocycles. The lowest BCUT2D eigenvalue weighted by molar-refractivity contribution is 0.174. The van der Waals surface area contributed by atoms with Crippen LogP contribution in [0.3, 0.4) is 0 Å². The summed E-state index contributed by atoms with van der Waals surface area (Å²) in [6.07, 6.45) is -0.650. The van der Waals surface area contributed by atoms with Crippen LogP contribution in [0.4, 0.5) is 0 Å². The third kappa shape index (κ3) is 3.82. The Labute approximate surface area is 123 Å². The van der Waals surface area contributed by atoms with E-state index in [1.165, 1.54) is 0 Å². The van der Waals surface area contributed by atoms with Crippen molar-refractivity contribution in [2.24, 2.45) is 0 Å². The van der Waals surface area contributed by atoms with E-state index in [0.717, 1.165) is 5.56 Å². The summed E-state index contributed by atoms with van der Waals surface area (Å²) in [7, 11) is 0. The Kier molecular flexibility index (Phi) is 5.14. The molecule has 2 rings (SSSR count). The summed E-state index contributed by atoms with van der Waals surface area (Å²) in [6, 6.07) is 16.7. The zero-order valence-corrected chi connectivity index (χ0v) is 11.6. The molecule has 0 bridgehead atoms. The highest BCUT2D eigenvalue weighted by molar-refractivity contribution is 6.31. The predicted octanol–water partition coefficient (Wildman–Crippen LogP) is 3.03. The Bertz CT molecular complexity index is 622. The zero-order chi connectivity index (χ0) is 14.4. The van der Waals surface area contributed by atoms with Crippen LogP contribution >= 0.6 is 11.6 Å². The summed E-state index contributed by atoms with van der Waals surface area (Å²) in [6.45, 7) is 0.998. The summed E-state index contributed by atoms with van der Waals surface area (Å²) in [5.41, 5.74) is 2.36. The fourth-order valence-electron chi connectivity index (χ4n) is 1.96. The molecule has 0 amide bonds. The molecule has 0 aliphatic rings. The van der Waals surface area contributed by atoms with Gasteiger partial charge < -0.3 is 10.4 Å². The van der Waals surface area contributed by atoms with Gasteiger partial charge in [-0.3, -0.25) is 0 Å². The maximum Gasteiger partial charge on any atom is 0.0991 e. The zero-order valence-electron chi connectivity index (χ0n) is 10.9. The normalized spacial score (nSPS) is 11.8. The lowest BCUT2D eigenvalue weighted by Gasteiger charge is -2.13. The van der Waals surface area contributed by atoms with Gasteiger partial charge in [0.2, 0.25) is 0 Å². The molecule has 0 heterocycles. The molecule has 0 fully saturated rings. The number of halogens is 1. The van der Waals surface area contributed by atoms with Crippen molar-refractivity contribution < 1.29 is 5.11 Å². The van der Waals surface area contributed by atoms with Crippen molar-refractivity contribution in [1.29, 1.82) is 5.26 Å². The minimum atomic E-state index is -0.650. The topological polar surface area (TPSA) is 56.0 Å². The second kappa shape index (κ2) is 7.06. The fraction of sp³-hybridized carbons (Fsp3) is 0.188. The van der Waals surface area contributed by atoms with Gasteiger partial charge in [-0.25, -0.2) is 0 Å². The number of benzene rings is 2. The maximum atomic E-state index is 10.1. The molecular formula is C16H15ClN2O. The Morgan fingerprint density at radius 1 is 1.20 bits per heavy atom. The molecule has 0 saturated heterocycles. The van der Waals surface area contributed by atoms with E-state index in [1.807, 2.05) is 36.4 Å². The molecule has 0 radical (unpaired) electrons. The van der Waals surface area contributed by atoms with Crippen LogP contribution in [0.15, 0.2) is 48.5 Å². The van der Waals surface area contributed by atoms with Crippen LogP contribution in [0, 0.1) is 11.3 Å². The van der Waals surface area contributed by atoms with Gasteiger partial charge in [0.1, 0.15) is 0 Å². The van der Waals surface area contributed by atoms with Gasteiger partial charge in [-0.1, -0.05) is 41.9 Å². The third-order valence-electron chi connectivity index (χ3n) is 2.99. The van der Waals surface area contributed by atoms with Crippen LogP contribution < -0.4 is 5.32 Å². The number of aliphatic hydroxyl groups excluding tert-OH is 1. The molecule has 0 spiro atoms. The lowest BCUT2D eigenvalue weighted by atomic mass is 10.1. The Morgan fingerprint density at radius 3 is 2.75 bits per heavy atom. The molecule has 1 unspecified atom stereocenters. The van der Waals surface area contributed by atoms with E-state index >= 15 is 0 Å². The van der Waals surface area contributed by atoms with Crippen LogP contribution in [0.1, 0.15) is 22.8 Å². The highest BCUT2D eigenvalue weighted by Crippen LogP contribution is 2.21. The van der Waals surface area contributed by atoms with Crippen molar-refractivity contribution in [2.75, 3.05) is 6.54 Å². The molecule has 0 aliphatic heterocycles. The van der Waals surface area contributed by atoms with Crippen molar-refractivity contribution >= 4 is 11.6 Å². The first-order valence-corrected chi connectivity index (χ1v) is 6.71. The van der Waals surface area contributed by atoms with E-state index in [-0.39, 0.29) is 0 Å². The monoisotopic (exact) mass is 286 g/mol. The Morgan fingerprint density at radius 2 is 2.00 bits per heavy atom. The van der Waals surface area contributed by atoms with Crippen LogP contribution in [0.25, 0.3) is 0 Å². The third-order valence-corrected chi connectivity index (χ3v) is 3.33. The quantitative estimate of drug-likeness (QED) is 0.888. The number of rotatable bonds is 5. The minimum Gasteiger partial charge on any atom is -0.387 e. The van der Waals surface area contributed by atoms with Crippen molar-refractivity contribution in [2.45, 2.75) is 12.6 Å². The van der Waals surface area contributed by atoms with E-state index < -0.39 is 6.10 Å². The smallest absolute Gasteiger partial charge is 0.0991 e. The first kappa shape index (κ1) is 14.5. The molecule has 0 saturated carbocycles. The van der Waals surface area contributed by atoms with E-state index in [2.05, 4.69) is 11.4 Å². The molecule has 20 heavy (non-hydrogen) atoms. The fourth-order valence-corrected chi connectivity index (χ4v) is 2.22. The molecule has 1 atom stereocenters. The van der Waals surface area contributed by atoms with Crippen LogP contribution in [0.2, 0.25) is 5.02 Å². The Balaban J connectivity index is 1.90. The Hall–Kier alpha value is -1.86. The molecule has 2 aromatic rings. The summed E-state index contributed by atoms with van der Waals surface area (Å²) in [5.74, 6) is 0. The van der Waals surface area contributed by atoms with Crippen molar-refractivity contribution in [3.63, 3.8) is 0 Å². The standard InChI is InChI=1S/C16H15ClN2O/c17-15-7-2-1-6-14(15)16(20)11-19-10-13-5-3-4-12(8-13)9-18/h1-8,16,19-20H,10-11H2. The number of hydrogen-bond acceptors (Lipinski definition) is 3. The van der Waals surface area contributed by atoms with Gasteiger partial charge in [-0.15, -0.1) is 0 Å². The molecule has 102 valence electrons. The van der Waals surface area contributed by atoms with Gasteiger partial charge >= 0.3 is 0 Å². The minimum absolute atomic E-state index is 0.403. The van der Waals surface area contributed by atoms with Crippen LogP contribution in [-0.2, 0) is 6.54 Å². The molecule has 4 heteroatoms. The van der Waals surface area contributed by atoms with Gasteiger partial charge in [0.15, 0.2) is 0 Å². The van der Waals surface area contributed by atoms with E-state index in [9.17, 15) is 5.11 Å². The molecule has 0 aromatic heterocycles. The molecule has 2 aromatic carbocycles. The maximum absolute atomic E-state index is 10.1. The highest BCUT2D eigenvalue weighted by atomic mass is 35.5. The number of nitriles is 1. The number of hydrogen-bond donors (Lipinski definition) is 2. The van der Waals surface area contributed by atoms with E-state index in [4.69, 9.17) is 16.9 Å². The summed E-state index contributed by atoms with van der Waals surface area (Å²) in [5, 5.41) is 22.6. The van der Waals surface area contributed by atoms with Gasteiger partial charge in [0.25, 0.3) is 0 Å². The number of aliphatic hydroxyl groups is 1. The summed E-state index contributed by atoms with van der Waals surface area (Å²) in [4.78, 5) is 0. The first-order chi connectivity index (χ1) is 9.70. The van der Waals surface area contributed by atoms with Crippen LogP contribution in [0.5, 0.6) is 0 Å². The molecular weight excluding hydrogens is 272 g/mol. The average Bonchev–Trinajstić information content (AvgIpc) is 2.48. The van der Waals surface area contributed by atoms with Gasteiger partial charge in [0.05, 0.1) is 17.7 Å². The van der Waals surface area contributed by atoms with Gasteiger partial charge in [-0.2, -0.15) is 5.26 Å².